The smallest absolute Gasteiger partial charge is 0.856 e. The van der Waals surface area contributed by atoms with E-state index >= 15 is 0 Å². The molecule has 1 radical (unpaired) electrons. The second-order valence-corrected chi connectivity index (χ2v) is 1.17. The van der Waals surface area contributed by atoms with Crippen LogP contribution >= 0.6 is 0 Å². The third-order valence-corrected chi connectivity index (χ3v) is 0.214. The molecule has 0 rings (SSSR count). The standard InChI is InChI=1S/C2H6NO.C2H5NO.Cu.HNO3/c2*3-1-2-4;;2-1(3)4/h3-4H,1-2H2;3H,1-2H2;;(H,2,3,4)/q-1;-2;+2;. The number of rotatable bonds is 2. The fraction of sp³-hybridized carbons (Fsp3) is 1.00. The van der Waals surface area contributed by atoms with Gasteiger partial charge in [-0.3, -0.25) is 0 Å². The van der Waals surface area contributed by atoms with Gasteiger partial charge in [-0.25, -0.2) is 0 Å². The number of hydrogen-bond acceptors (Lipinski definition) is 4. The van der Waals surface area contributed by atoms with Crippen molar-refractivity contribution >= 4 is 0 Å². The summed E-state index contributed by atoms with van der Waals surface area (Å²) in [6.07, 6.45) is 0. The van der Waals surface area contributed by atoms with Gasteiger partial charge >= 0.3 is 17.1 Å². The number of nitrogens with one attached hydrogen (secondary N) is 2. The van der Waals surface area contributed by atoms with Crippen LogP contribution in [0.1, 0.15) is 0 Å². The normalized spacial score (nSPS) is 6.46. The third-order valence-electron chi connectivity index (χ3n) is 0.214. The van der Waals surface area contributed by atoms with Crippen molar-refractivity contribution in [2.45, 2.75) is 0 Å². The van der Waals surface area contributed by atoms with Crippen molar-refractivity contribution in [3.05, 3.63) is 21.6 Å². The first-order chi connectivity index (χ1) is 5.56. The fourth-order valence-corrected chi connectivity index (χ4v) is 0. The third kappa shape index (κ3) is 434. The molecule has 0 aromatic heterocycles. The van der Waals surface area contributed by atoms with Gasteiger partial charge < -0.3 is 26.9 Å². The zero-order chi connectivity index (χ0) is 10.4. The van der Waals surface area contributed by atoms with Gasteiger partial charge in [0.15, 0.2) is 0 Å². The summed E-state index contributed by atoms with van der Waals surface area (Å²) in [5, 5.41) is 30.4. The van der Waals surface area contributed by atoms with E-state index in [4.69, 9.17) is 37.0 Å². The molecule has 0 saturated carbocycles. The molecule has 0 fully saturated rings. The molecule has 0 atom stereocenters. The SMILES string of the molecule is O=[N+]([O-])O.[Cu+2].[NH-]CCO.[NH-]CC[O-]. The molecule has 0 saturated heterocycles. The molecule has 0 spiro atoms. The van der Waals surface area contributed by atoms with Gasteiger partial charge in [-0.15, -0.1) is 16.7 Å². The van der Waals surface area contributed by atoms with E-state index in [9.17, 15) is 0 Å². The molecule has 0 aliphatic rings. The van der Waals surface area contributed by atoms with Crippen molar-refractivity contribution in [1.29, 1.82) is 0 Å². The zero-order valence-electron chi connectivity index (χ0n) is 6.70. The molecule has 9 heteroatoms. The Morgan fingerprint density at radius 2 is 1.46 bits per heavy atom. The van der Waals surface area contributed by atoms with Crippen LogP contribution in [0.2, 0.25) is 0 Å². The molecular weight excluding hydrogens is 234 g/mol. The monoisotopic (exact) mass is 245 g/mol. The summed E-state index contributed by atoms with van der Waals surface area (Å²) in [5.74, 6) is 0. The summed E-state index contributed by atoms with van der Waals surface area (Å²) in [5.41, 5.74) is 12.3. The summed E-state index contributed by atoms with van der Waals surface area (Å²) in [4.78, 5) is 8.36. The van der Waals surface area contributed by atoms with Crippen LogP contribution in [-0.4, -0.2) is 41.7 Å². The summed E-state index contributed by atoms with van der Waals surface area (Å²) >= 11 is 0. The molecule has 13 heavy (non-hydrogen) atoms. The van der Waals surface area contributed by atoms with Crippen LogP contribution in [0.15, 0.2) is 0 Å². The van der Waals surface area contributed by atoms with Crippen LogP contribution in [0.3, 0.4) is 0 Å². The van der Waals surface area contributed by atoms with Gasteiger partial charge in [0.1, 0.15) is 0 Å². The van der Waals surface area contributed by atoms with Gasteiger partial charge in [0.25, 0.3) is 5.09 Å². The molecule has 0 amide bonds. The minimum absolute atomic E-state index is 0. The molecule has 4 N–H and O–H groups in total. The maximum absolute atomic E-state index is 9.11. The summed E-state index contributed by atoms with van der Waals surface area (Å²) < 4.78 is 0. The minimum Gasteiger partial charge on any atom is -0.856 e. The predicted octanol–water partition coefficient (Wildman–Crippen LogP) is -0.920. The van der Waals surface area contributed by atoms with Crippen LogP contribution in [-0.2, 0) is 17.1 Å². The number of aliphatic hydroxyl groups is 1. The van der Waals surface area contributed by atoms with Gasteiger partial charge in [-0.1, -0.05) is 0 Å². The van der Waals surface area contributed by atoms with Crippen LogP contribution in [0.5, 0.6) is 0 Å². The van der Waals surface area contributed by atoms with E-state index in [1.165, 1.54) is 0 Å². The van der Waals surface area contributed by atoms with E-state index in [2.05, 4.69) is 0 Å². The molecule has 0 aliphatic carbocycles. The number of hydrogen-bond donors (Lipinski definition) is 2. The van der Waals surface area contributed by atoms with E-state index in [-0.39, 0.29) is 43.4 Å². The van der Waals surface area contributed by atoms with Crippen LogP contribution < -0.4 is 5.11 Å². The predicted molar refractivity (Wildman–Crippen MR) is 39.1 cm³/mol. The van der Waals surface area contributed by atoms with Crippen molar-refractivity contribution in [3.63, 3.8) is 0 Å². The van der Waals surface area contributed by atoms with E-state index in [0.29, 0.717) is 0 Å². The zero-order valence-corrected chi connectivity index (χ0v) is 7.64. The van der Waals surface area contributed by atoms with E-state index in [1.807, 2.05) is 0 Å². The van der Waals surface area contributed by atoms with Gasteiger partial charge in [-0.05, 0) is 0 Å². The number of aliphatic hydroxyl groups excluding tert-OH is 1. The Morgan fingerprint density at radius 3 is 1.46 bits per heavy atom. The second kappa shape index (κ2) is 30.0. The summed E-state index contributed by atoms with van der Waals surface area (Å²) in [6, 6.07) is 0. The van der Waals surface area contributed by atoms with Crippen LogP contribution in [0.4, 0.5) is 0 Å². The molecule has 0 aliphatic heterocycles. The van der Waals surface area contributed by atoms with Crippen LogP contribution in [0, 0.1) is 10.1 Å². The Hall–Kier alpha value is -0.441. The van der Waals surface area contributed by atoms with E-state index < -0.39 is 5.09 Å². The van der Waals surface area contributed by atoms with Gasteiger partial charge in [0, 0.05) is 6.61 Å². The largest absolute Gasteiger partial charge is 2.00 e. The number of nitrogens with zero attached hydrogens (tertiary/aromatic N) is 1. The fourth-order valence-electron chi connectivity index (χ4n) is 0. The molecule has 0 aromatic rings. The molecule has 0 heterocycles. The van der Waals surface area contributed by atoms with Crippen molar-refractivity contribution < 1.29 is 37.6 Å². The Kier molecular flexibility index (Phi) is 52.8. The molecular formula is C4H12CuN3O5-. The Morgan fingerprint density at radius 1 is 1.31 bits per heavy atom. The topological polar surface area (TPSA) is 154 Å². The Labute approximate surface area is 86.1 Å². The first-order valence-corrected chi connectivity index (χ1v) is 2.88. The average Bonchev–Trinajstić information content (AvgIpc) is 2.03. The quantitative estimate of drug-likeness (QED) is 0.366. The van der Waals surface area contributed by atoms with Gasteiger partial charge in [0.2, 0.25) is 0 Å². The first kappa shape index (κ1) is 22.9. The van der Waals surface area contributed by atoms with Crippen molar-refractivity contribution in [2.24, 2.45) is 0 Å². The minimum atomic E-state index is -1.50. The summed E-state index contributed by atoms with van der Waals surface area (Å²) in [7, 11) is 0. The van der Waals surface area contributed by atoms with E-state index in [1.54, 1.807) is 0 Å². The van der Waals surface area contributed by atoms with Crippen molar-refractivity contribution in [1.82, 2.24) is 0 Å². The molecule has 0 unspecified atom stereocenters. The molecule has 85 valence electrons. The van der Waals surface area contributed by atoms with Gasteiger partial charge in [-0.2, -0.15) is 13.2 Å². The first-order valence-electron chi connectivity index (χ1n) is 2.88. The maximum atomic E-state index is 9.11. The average molecular weight is 246 g/mol. The maximum Gasteiger partial charge on any atom is 2.00 e. The molecule has 8 nitrogen and oxygen atoms in total. The van der Waals surface area contributed by atoms with Crippen LogP contribution in [0.25, 0.3) is 11.5 Å². The van der Waals surface area contributed by atoms with Crippen molar-refractivity contribution in [3.8, 4) is 0 Å². The molecule has 0 aromatic carbocycles. The molecule has 0 bridgehead atoms. The summed E-state index contributed by atoms with van der Waals surface area (Å²) in [6.45, 7) is -0.139. The Balaban J connectivity index is -0.0000000450. The van der Waals surface area contributed by atoms with Crippen molar-refractivity contribution in [2.75, 3.05) is 26.3 Å². The second-order valence-electron chi connectivity index (χ2n) is 1.17. The Bertz CT molecular complexity index is 74.2. The van der Waals surface area contributed by atoms with Gasteiger partial charge in [0.05, 0.1) is 0 Å². The van der Waals surface area contributed by atoms with E-state index in [0.717, 1.165) is 0 Å².